The Labute approximate surface area is 146 Å². The molecule has 0 radical (unpaired) electrons. The van der Waals surface area contributed by atoms with Gasteiger partial charge in [0.1, 0.15) is 0 Å². The second-order valence-electron chi connectivity index (χ2n) is 6.47. The summed E-state index contributed by atoms with van der Waals surface area (Å²) < 4.78 is 1.26. The zero-order valence-electron chi connectivity index (χ0n) is 14.4. The van der Waals surface area contributed by atoms with Gasteiger partial charge in [0.2, 0.25) is 0 Å². The Bertz CT molecular complexity index is 820. The number of rotatable bonds is 4. The number of hydrogen-bond donors (Lipinski definition) is 0. The fourth-order valence-corrected chi connectivity index (χ4v) is 3.21. The van der Waals surface area contributed by atoms with Gasteiger partial charge in [-0.1, -0.05) is 30.3 Å². The molecule has 1 aliphatic heterocycles. The number of nitrogens with zero attached hydrogens (tertiary/aromatic N) is 2. The van der Waals surface area contributed by atoms with E-state index in [-0.39, 0.29) is 17.2 Å². The van der Waals surface area contributed by atoms with E-state index >= 15 is 0 Å². The normalized spacial score (nSPS) is 15.6. The number of hydrogen-bond acceptors (Lipinski definition) is 3. The van der Waals surface area contributed by atoms with Crippen LogP contribution in [-0.4, -0.2) is 34.2 Å². The third-order valence-corrected chi connectivity index (χ3v) is 4.59. The second-order valence-corrected chi connectivity index (χ2v) is 6.47. The van der Waals surface area contributed by atoms with Crippen LogP contribution in [0, 0.1) is 6.92 Å². The third kappa shape index (κ3) is 3.71. The van der Waals surface area contributed by atoms with E-state index in [1.54, 1.807) is 41.4 Å². The number of likely N-dealkylation sites (tertiary alicyclic amines) is 1. The fourth-order valence-electron chi connectivity index (χ4n) is 3.21. The van der Waals surface area contributed by atoms with E-state index < -0.39 is 6.04 Å². The van der Waals surface area contributed by atoms with Crippen LogP contribution in [0.25, 0.3) is 0 Å². The maximum atomic E-state index is 13.1. The number of aryl methyl sites for hydroxylation is 1. The molecule has 1 amide bonds. The number of benzene rings is 1. The summed E-state index contributed by atoms with van der Waals surface area (Å²) in [6.45, 7) is 3.09. The molecule has 3 rings (SSSR count). The number of pyridine rings is 1. The molecule has 1 aromatic carbocycles. The van der Waals surface area contributed by atoms with E-state index in [0.717, 1.165) is 24.8 Å². The molecule has 1 atom stereocenters. The molecular weight excluding hydrogens is 316 g/mol. The van der Waals surface area contributed by atoms with Gasteiger partial charge in [0.15, 0.2) is 11.8 Å². The zero-order valence-corrected chi connectivity index (χ0v) is 14.4. The molecule has 0 bridgehead atoms. The molecule has 1 saturated heterocycles. The van der Waals surface area contributed by atoms with Crippen LogP contribution in [-0.2, 0) is 4.79 Å². The molecule has 0 aliphatic carbocycles. The van der Waals surface area contributed by atoms with Gasteiger partial charge in [0.25, 0.3) is 11.5 Å². The van der Waals surface area contributed by atoms with Gasteiger partial charge >= 0.3 is 0 Å². The van der Waals surface area contributed by atoms with Crippen molar-refractivity contribution < 1.29 is 9.59 Å². The van der Waals surface area contributed by atoms with E-state index in [2.05, 4.69) is 0 Å². The highest BCUT2D eigenvalue weighted by Gasteiger charge is 2.34. The first-order valence-corrected chi connectivity index (χ1v) is 8.65. The average Bonchev–Trinajstić information content (AvgIpc) is 2.65. The van der Waals surface area contributed by atoms with Gasteiger partial charge in [-0.3, -0.25) is 19.0 Å². The molecule has 25 heavy (non-hydrogen) atoms. The van der Waals surface area contributed by atoms with Crippen LogP contribution in [0.5, 0.6) is 0 Å². The number of carbonyl (C=O) groups is 2. The second kappa shape index (κ2) is 7.47. The van der Waals surface area contributed by atoms with Crippen LogP contribution in [0.1, 0.15) is 41.2 Å². The highest BCUT2D eigenvalue weighted by molar-refractivity contribution is 6.11. The van der Waals surface area contributed by atoms with E-state index in [1.165, 1.54) is 10.6 Å². The van der Waals surface area contributed by atoms with Crippen molar-refractivity contribution in [1.82, 2.24) is 9.47 Å². The third-order valence-electron chi connectivity index (χ3n) is 4.59. The number of aromatic nitrogens is 1. The summed E-state index contributed by atoms with van der Waals surface area (Å²) in [5, 5.41) is 0. The lowest BCUT2D eigenvalue weighted by atomic mass is 10.0. The molecule has 0 spiro atoms. The molecule has 0 unspecified atom stereocenters. The minimum atomic E-state index is -1.14. The molecule has 0 saturated carbocycles. The van der Waals surface area contributed by atoms with Crippen molar-refractivity contribution in [1.29, 1.82) is 0 Å². The quantitative estimate of drug-likeness (QED) is 0.636. The lowest BCUT2D eigenvalue weighted by Crippen LogP contribution is -2.45. The predicted octanol–water partition coefficient (Wildman–Crippen LogP) is 2.59. The highest BCUT2D eigenvalue weighted by Crippen LogP contribution is 2.19. The van der Waals surface area contributed by atoms with Crippen LogP contribution in [0.3, 0.4) is 0 Å². The predicted molar refractivity (Wildman–Crippen MR) is 95.7 cm³/mol. The van der Waals surface area contributed by atoms with Crippen molar-refractivity contribution in [2.75, 3.05) is 13.1 Å². The molecule has 2 heterocycles. The summed E-state index contributed by atoms with van der Waals surface area (Å²) in [4.78, 5) is 40.3. The van der Waals surface area contributed by atoms with Crippen molar-refractivity contribution in [2.24, 2.45) is 0 Å². The van der Waals surface area contributed by atoms with Gasteiger partial charge in [-0.25, -0.2) is 0 Å². The Hall–Kier alpha value is -2.69. The molecule has 0 N–H and O–H groups in total. The van der Waals surface area contributed by atoms with Crippen LogP contribution >= 0.6 is 0 Å². The standard InChI is InChI=1S/C20H22N2O3/c1-15-10-13-22(17(23)14-15)18(19(24)16-8-4-2-5-9-16)20(25)21-11-6-3-7-12-21/h2,4-5,8-10,13-14,18H,3,6-7,11-12H2,1H3/t18-/m0/s1. The SMILES string of the molecule is Cc1ccn([C@@H](C(=O)c2ccccc2)C(=O)N2CCCCC2)c(=O)c1. The smallest absolute Gasteiger partial charge is 0.253 e. The Kier molecular flexibility index (Phi) is 5.12. The summed E-state index contributed by atoms with van der Waals surface area (Å²) in [6.07, 6.45) is 4.50. The van der Waals surface area contributed by atoms with E-state index in [1.807, 2.05) is 13.0 Å². The number of Topliss-reactive ketones (excluding diaryl/α,β-unsaturated/α-hetero) is 1. The molecule has 1 aromatic heterocycles. The van der Waals surface area contributed by atoms with Gasteiger partial charge in [0.05, 0.1) is 0 Å². The molecule has 1 aliphatic rings. The van der Waals surface area contributed by atoms with Gasteiger partial charge in [-0.05, 0) is 37.8 Å². The lowest BCUT2D eigenvalue weighted by molar-refractivity contribution is -0.134. The van der Waals surface area contributed by atoms with E-state index in [0.29, 0.717) is 18.7 Å². The molecule has 2 aromatic rings. The van der Waals surface area contributed by atoms with Crippen LogP contribution in [0.15, 0.2) is 53.5 Å². The summed E-state index contributed by atoms with van der Waals surface area (Å²) in [5.74, 6) is -0.637. The number of carbonyl (C=O) groups excluding carboxylic acids is 2. The fraction of sp³-hybridized carbons (Fsp3) is 0.350. The number of piperidine rings is 1. The monoisotopic (exact) mass is 338 g/mol. The molecule has 130 valence electrons. The molecule has 5 heteroatoms. The van der Waals surface area contributed by atoms with Crippen molar-refractivity contribution in [3.05, 3.63) is 70.1 Å². The topological polar surface area (TPSA) is 59.4 Å². The summed E-state index contributed by atoms with van der Waals surface area (Å²) in [5.41, 5.74) is 0.905. The zero-order chi connectivity index (χ0) is 17.8. The first-order chi connectivity index (χ1) is 12.1. The minimum Gasteiger partial charge on any atom is -0.340 e. The van der Waals surface area contributed by atoms with Crippen molar-refractivity contribution in [2.45, 2.75) is 32.2 Å². The van der Waals surface area contributed by atoms with Crippen LogP contribution in [0.4, 0.5) is 0 Å². The Balaban J connectivity index is 2.03. The Morgan fingerprint density at radius 2 is 1.68 bits per heavy atom. The average molecular weight is 338 g/mol. The summed E-state index contributed by atoms with van der Waals surface area (Å²) in [7, 11) is 0. The maximum Gasteiger partial charge on any atom is 0.253 e. The Morgan fingerprint density at radius 1 is 1.00 bits per heavy atom. The van der Waals surface area contributed by atoms with Gasteiger partial charge in [-0.15, -0.1) is 0 Å². The van der Waals surface area contributed by atoms with Gasteiger partial charge in [0, 0.05) is 30.9 Å². The first-order valence-electron chi connectivity index (χ1n) is 8.65. The van der Waals surface area contributed by atoms with Gasteiger partial charge < -0.3 is 4.90 Å². The summed E-state index contributed by atoms with van der Waals surface area (Å²) in [6, 6.07) is 10.7. The summed E-state index contributed by atoms with van der Waals surface area (Å²) >= 11 is 0. The van der Waals surface area contributed by atoms with E-state index in [9.17, 15) is 14.4 Å². The minimum absolute atomic E-state index is 0.292. The highest BCUT2D eigenvalue weighted by atomic mass is 16.2. The Morgan fingerprint density at radius 3 is 2.32 bits per heavy atom. The van der Waals surface area contributed by atoms with Gasteiger partial charge in [-0.2, -0.15) is 0 Å². The van der Waals surface area contributed by atoms with Crippen molar-refractivity contribution in [3.8, 4) is 0 Å². The first kappa shape index (κ1) is 17.1. The molecule has 1 fully saturated rings. The lowest BCUT2D eigenvalue weighted by Gasteiger charge is -2.30. The number of ketones is 1. The van der Waals surface area contributed by atoms with E-state index in [4.69, 9.17) is 0 Å². The largest absolute Gasteiger partial charge is 0.340 e. The van der Waals surface area contributed by atoms with Crippen molar-refractivity contribution >= 4 is 11.7 Å². The maximum absolute atomic E-state index is 13.1. The van der Waals surface area contributed by atoms with Crippen LogP contribution in [0.2, 0.25) is 0 Å². The molecule has 5 nitrogen and oxygen atoms in total. The van der Waals surface area contributed by atoms with Crippen LogP contribution < -0.4 is 5.56 Å². The number of amides is 1. The van der Waals surface area contributed by atoms with Crippen molar-refractivity contribution in [3.63, 3.8) is 0 Å². The molecular formula is C20H22N2O3.